The van der Waals surface area contributed by atoms with Crippen LogP contribution in [0.15, 0.2) is 29.3 Å². The molecule has 0 aliphatic rings. The van der Waals surface area contributed by atoms with E-state index in [-0.39, 0.29) is 11.0 Å². The van der Waals surface area contributed by atoms with E-state index in [1.165, 1.54) is 29.5 Å². The Bertz CT molecular complexity index is 858. The number of carbonyl (C=O) groups is 1. The van der Waals surface area contributed by atoms with Crippen LogP contribution in [0.4, 0.5) is 13.2 Å². The quantitative estimate of drug-likeness (QED) is 0.787. The van der Waals surface area contributed by atoms with E-state index < -0.39 is 18.0 Å². The minimum atomic E-state index is -4.88. The largest absolute Gasteiger partial charge is 0.573 e. The highest BCUT2D eigenvalue weighted by molar-refractivity contribution is 7.09. The van der Waals surface area contributed by atoms with Crippen LogP contribution in [0.2, 0.25) is 0 Å². The number of ether oxygens (including phenoxy) is 1. The third kappa shape index (κ3) is 4.50. The van der Waals surface area contributed by atoms with Crippen LogP contribution in [-0.2, 0) is 12.5 Å². The van der Waals surface area contributed by atoms with Gasteiger partial charge in [-0.25, -0.2) is 0 Å². The van der Waals surface area contributed by atoms with E-state index in [4.69, 9.17) is 0 Å². The van der Waals surface area contributed by atoms with Gasteiger partial charge in [-0.3, -0.25) is 4.79 Å². The Labute approximate surface area is 147 Å². The Morgan fingerprint density at radius 2 is 1.80 bits per heavy atom. The molecule has 2 aromatic rings. The molecule has 0 spiro atoms. The number of aromatic nitrogens is 1. The zero-order valence-corrected chi connectivity index (χ0v) is 15.4. The normalized spacial score (nSPS) is 13.2. The molecule has 1 amide bonds. The van der Waals surface area contributed by atoms with Crippen molar-refractivity contribution in [2.24, 2.45) is 12.0 Å². The third-order valence-electron chi connectivity index (χ3n) is 3.53. The zero-order valence-electron chi connectivity index (χ0n) is 14.6. The van der Waals surface area contributed by atoms with Crippen molar-refractivity contribution in [2.45, 2.75) is 39.5 Å². The predicted octanol–water partition coefficient (Wildman–Crippen LogP) is 4.33. The van der Waals surface area contributed by atoms with Gasteiger partial charge >= 0.3 is 6.36 Å². The summed E-state index contributed by atoms with van der Waals surface area (Å²) >= 11 is 1.35. The monoisotopic (exact) mass is 372 g/mol. The molecule has 1 aromatic carbocycles. The zero-order chi connectivity index (χ0) is 19.0. The average Bonchev–Trinajstić information content (AvgIpc) is 2.74. The van der Waals surface area contributed by atoms with E-state index in [0.717, 1.165) is 16.6 Å². The molecule has 0 unspecified atom stereocenters. The van der Waals surface area contributed by atoms with Crippen molar-refractivity contribution >= 4 is 17.2 Å². The van der Waals surface area contributed by atoms with E-state index in [1.54, 1.807) is 11.6 Å². The number of benzene rings is 1. The van der Waals surface area contributed by atoms with Gasteiger partial charge in [-0.2, -0.15) is 4.99 Å². The Morgan fingerprint density at radius 1 is 1.20 bits per heavy atom. The Morgan fingerprint density at radius 3 is 2.32 bits per heavy atom. The van der Waals surface area contributed by atoms with Gasteiger partial charge in [0.1, 0.15) is 5.75 Å². The number of carbonyl (C=O) groups excluding carboxylic acids is 1. The van der Waals surface area contributed by atoms with E-state index >= 15 is 0 Å². The Balaban J connectivity index is 2.49. The summed E-state index contributed by atoms with van der Waals surface area (Å²) in [7, 11) is 1.77. The molecule has 0 saturated heterocycles. The number of rotatable bonds is 2. The number of hydrogen-bond acceptors (Lipinski definition) is 3. The molecular weight excluding hydrogens is 353 g/mol. The van der Waals surface area contributed by atoms with Crippen molar-refractivity contribution in [2.75, 3.05) is 0 Å². The van der Waals surface area contributed by atoms with Crippen molar-refractivity contribution in [3.8, 4) is 5.75 Å². The first-order valence-corrected chi connectivity index (χ1v) is 8.32. The van der Waals surface area contributed by atoms with E-state index in [0.29, 0.717) is 4.80 Å². The van der Waals surface area contributed by atoms with Gasteiger partial charge in [0.25, 0.3) is 5.91 Å². The molecule has 136 valence electrons. The fraction of sp³-hybridized carbons (Fsp3) is 0.412. The van der Waals surface area contributed by atoms with Crippen molar-refractivity contribution < 1.29 is 22.7 Å². The highest BCUT2D eigenvalue weighted by Gasteiger charge is 2.33. The summed E-state index contributed by atoms with van der Waals surface area (Å²) in [6.07, 6.45) is -4.88. The van der Waals surface area contributed by atoms with Crippen LogP contribution in [-0.4, -0.2) is 16.8 Å². The number of nitrogens with zero attached hydrogens (tertiary/aromatic N) is 2. The number of hydrogen-bond donors (Lipinski definition) is 0. The predicted molar refractivity (Wildman–Crippen MR) is 89.7 cm³/mol. The van der Waals surface area contributed by atoms with E-state index in [9.17, 15) is 18.0 Å². The lowest BCUT2D eigenvalue weighted by atomic mass is 9.93. The molecule has 4 nitrogen and oxygen atoms in total. The SMILES string of the molecule is Cc1c(C(C)(C)C)s/c(=N\C(=O)c2ccccc2OC(F)(F)F)n1C. The summed E-state index contributed by atoms with van der Waals surface area (Å²) in [5, 5.41) is 0. The molecule has 0 radical (unpaired) electrons. The van der Waals surface area contributed by atoms with E-state index in [2.05, 4.69) is 9.73 Å². The molecule has 1 heterocycles. The summed E-state index contributed by atoms with van der Waals surface area (Å²) in [6.45, 7) is 8.05. The molecule has 0 aliphatic heterocycles. The molecule has 0 N–H and O–H groups in total. The maximum atomic E-state index is 12.5. The van der Waals surface area contributed by atoms with Gasteiger partial charge in [-0.1, -0.05) is 32.9 Å². The molecule has 0 atom stereocenters. The molecule has 0 saturated carbocycles. The van der Waals surface area contributed by atoms with Gasteiger partial charge in [-0.15, -0.1) is 24.5 Å². The topological polar surface area (TPSA) is 43.6 Å². The molecule has 8 heteroatoms. The standard InChI is InChI=1S/C17H19F3N2O2S/c1-10-13(16(2,3)4)25-15(22(10)5)21-14(23)11-8-6-7-9-12(11)24-17(18,19)20/h6-9H,1-5H3/b21-15-. The van der Waals surface area contributed by atoms with Crippen LogP contribution >= 0.6 is 11.3 Å². The number of para-hydroxylation sites is 1. The second kappa shape index (κ2) is 6.67. The maximum absolute atomic E-state index is 12.5. The minimum absolute atomic E-state index is 0.124. The smallest absolute Gasteiger partial charge is 0.405 e. The van der Waals surface area contributed by atoms with Gasteiger partial charge in [0.2, 0.25) is 0 Å². The second-order valence-electron chi connectivity index (χ2n) is 6.57. The Hall–Kier alpha value is -2.09. The van der Waals surface area contributed by atoms with Crippen LogP contribution in [0, 0.1) is 6.92 Å². The lowest BCUT2D eigenvalue weighted by Gasteiger charge is -2.17. The maximum Gasteiger partial charge on any atom is 0.573 e. The van der Waals surface area contributed by atoms with Crippen molar-refractivity contribution in [3.63, 3.8) is 0 Å². The van der Waals surface area contributed by atoms with Crippen LogP contribution in [0.25, 0.3) is 0 Å². The Kier molecular flexibility index (Phi) is 5.13. The van der Waals surface area contributed by atoms with Crippen molar-refractivity contribution in [1.29, 1.82) is 0 Å². The molecule has 25 heavy (non-hydrogen) atoms. The highest BCUT2D eigenvalue weighted by Crippen LogP contribution is 2.29. The molecule has 0 aliphatic carbocycles. The molecule has 1 aromatic heterocycles. The minimum Gasteiger partial charge on any atom is -0.405 e. The first kappa shape index (κ1) is 19.2. The van der Waals surface area contributed by atoms with Crippen LogP contribution in [0.1, 0.15) is 41.7 Å². The summed E-state index contributed by atoms with van der Waals surface area (Å²) in [5.74, 6) is -1.34. The van der Waals surface area contributed by atoms with Gasteiger partial charge in [0.15, 0.2) is 4.80 Å². The summed E-state index contributed by atoms with van der Waals surface area (Å²) in [4.78, 5) is 17.9. The summed E-state index contributed by atoms with van der Waals surface area (Å²) in [6, 6.07) is 5.19. The molecule has 0 bridgehead atoms. The number of halogens is 3. The van der Waals surface area contributed by atoms with Gasteiger partial charge < -0.3 is 9.30 Å². The lowest BCUT2D eigenvalue weighted by Crippen LogP contribution is -2.19. The molecule has 2 rings (SSSR count). The highest BCUT2D eigenvalue weighted by atomic mass is 32.1. The third-order valence-corrected chi connectivity index (χ3v) is 5.19. The van der Waals surface area contributed by atoms with Crippen LogP contribution in [0.3, 0.4) is 0 Å². The first-order chi connectivity index (χ1) is 11.4. The van der Waals surface area contributed by atoms with Crippen LogP contribution < -0.4 is 9.54 Å². The first-order valence-electron chi connectivity index (χ1n) is 7.51. The van der Waals surface area contributed by atoms with Crippen LogP contribution in [0.5, 0.6) is 5.75 Å². The number of amides is 1. The van der Waals surface area contributed by atoms with Gasteiger partial charge in [-0.05, 0) is 24.5 Å². The number of alkyl halides is 3. The summed E-state index contributed by atoms with van der Waals surface area (Å²) < 4.78 is 43.2. The fourth-order valence-corrected chi connectivity index (χ4v) is 3.50. The number of thiazole rings is 1. The van der Waals surface area contributed by atoms with Crippen molar-refractivity contribution in [3.05, 3.63) is 45.2 Å². The summed E-state index contributed by atoms with van der Waals surface area (Å²) in [5.41, 5.74) is 0.604. The van der Waals surface area contributed by atoms with Gasteiger partial charge in [0.05, 0.1) is 5.56 Å². The lowest BCUT2D eigenvalue weighted by molar-refractivity contribution is -0.274. The van der Waals surface area contributed by atoms with Crippen molar-refractivity contribution in [1.82, 2.24) is 4.57 Å². The van der Waals surface area contributed by atoms with Gasteiger partial charge in [0, 0.05) is 17.6 Å². The molecule has 0 fully saturated rings. The fourth-order valence-electron chi connectivity index (χ4n) is 2.33. The van der Waals surface area contributed by atoms with E-state index in [1.807, 2.05) is 27.7 Å². The second-order valence-corrected chi connectivity index (χ2v) is 7.55. The molecular formula is C17H19F3N2O2S. The average molecular weight is 372 g/mol.